The second kappa shape index (κ2) is 10.4. The molecule has 10 heteroatoms. The van der Waals surface area contributed by atoms with Crippen molar-refractivity contribution in [2.45, 2.75) is 51.1 Å². The van der Waals surface area contributed by atoms with Gasteiger partial charge >= 0.3 is 6.03 Å². The zero-order valence-electron chi connectivity index (χ0n) is 17.9. The SMILES string of the molecule is CCNC(=O)NC(=O)[C@@H](C)Sc1nc2scc(-c3cccs3)c2c(=O)n1CCC(C)C. The van der Waals surface area contributed by atoms with Gasteiger partial charge in [-0.1, -0.05) is 31.7 Å². The minimum Gasteiger partial charge on any atom is -0.338 e. The van der Waals surface area contributed by atoms with Gasteiger partial charge in [0.1, 0.15) is 4.83 Å². The number of hydrogen-bond donors (Lipinski definition) is 2. The van der Waals surface area contributed by atoms with Gasteiger partial charge in [-0.25, -0.2) is 9.78 Å². The third-order valence-corrected chi connectivity index (χ3v) is 7.47. The number of carbonyl (C=O) groups excluding carboxylic acids is 2. The van der Waals surface area contributed by atoms with Gasteiger partial charge in [0, 0.05) is 28.9 Å². The smallest absolute Gasteiger partial charge is 0.321 e. The number of rotatable bonds is 8. The summed E-state index contributed by atoms with van der Waals surface area (Å²) in [6.45, 7) is 8.64. The Morgan fingerprint density at radius 2 is 2.03 bits per heavy atom. The van der Waals surface area contributed by atoms with E-state index in [1.807, 2.05) is 22.9 Å². The average Bonchev–Trinajstić information content (AvgIpc) is 3.37. The maximum absolute atomic E-state index is 13.5. The molecule has 0 bridgehead atoms. The van der Waals surface area contributed by atoms with Crippen molar-refractivity contribution >= 4 is 56.6 Å². The van der Waals surface area contributed by atoms with E-state index in [-0.39, 0.29) is 5.56 Å². The van der Waals surface area contributed by atoms with Crippen LogP contribution in [-0.4, -0.2) is 33.3 Å². The van der Waals surface area contributed by atoms with Crippen molar-refractivity contribution in [1.82, 2.24) is 20.2 Å². The first-order valence-corrected chi connectivity index (χ1v) is 12.8. The topological polar surface area (TPSA) is 93.1 Å². The van der Waals surface area contributed by atoms with E-state index in [0.29, 0.717) is 34.4 Å². The standard InChI is InChI=1S/C21H26N4O3S3/c1-5-22-20(28)23-17(26)13(4)31-21-24-18-16(19(27)25(21)9-8-12(2)3)14(11-30-18)15-7-6-10-29-15/h6-7,10-13H,5,8-9H2,1-4H3,(H2,22,23,26,28)/t13-/m1/s1. The molecule has 3 heterocycles. The summed E-state index contributed by atoms with van der Waals surface area (Å²) >= 11 is 4.22. The Morgan fingerprint density at radius 3 is 2.68 bits per heavy atom. The van der Waals surface area contributed by atoms with Gasteiger partial charge in [0.15, 0.2) is 5.16 Å². The second-order valence-corrected chi connectivity index (χ2v) is 10.6. The molecule has 0 fully saturated rings. The fraction of sp³-hybridized carbons (Fsp3) is 0.429. The molecular formula is C21H26N4O3S3. The number of nitrogens with zero attached hydrogens (tertiary/aromatic N) is 2. The molecule has 0 unspecified atom stereocenters. The van der Waals surface area contributed by atoms with Gasteiger partial charge in [-0.15, -0.1) is 22.7 Å². The molecule has 1 atom stereocenters. The Morgan fingerprint density at radius 1 is 1.26 bits per heavy atom. The highest BCUT2D eigenvalue weighted by atomic mass is 32.2. The zero-order valence-corrected chi connectivity index (χ0v) is 20.4. The second-order valence-electron chi connectivity index (χ2n) is 7.45. The van der Waals surface area contributed by atoms with Gasteiger partial charge in [-0.3, -0.25) is 19.5 Å². The predicted octanol–water partition coefficient (Wildman–Crippen LogP) is 4.56. The fourth-order valence-electron chi connectivity index (χ4n) is 2.92. The molecule has 0 saturated heterocycles. The van der Waals surface area contributed by atoms with E-state index in [9.17, 15) is 14.4 Å². The van der Waals surface area contributed by atoms with Crippen LogP contribution in [0.3, 0.4) is 0 Å². The molecule has 3 amide bonds. The number of imide groups is 1. The highest BCUT2D eigenvalue weighted by Gasteiger charge is 2.23. The quantitative estimate of drug-likeness (QED) is 0.366. The molecule has 3 rings (SSSR count). The van der Waals surface area contributed by atoms with Crippen molar-refractivity contribution in [3.8, 4) is 10.4 Å². The molecule has 0 spiro atoms. The summed E-state index contributed by atoms with van der Waals surface area (Å²) in [5.41, 5.74) is 0.818. The van der Waals surface area contributed by atoms with Gasteiger partial charge < -0.3 is 5.32 Å². The molecule has 7 nitrogen and oxygen atoms in total. The van der Waals surface area contributed by atoms with Crippen molar-refractivity contribution in [2.75, 3.05) is 6.54 Å². The largest absolute Gasteiger partial charge is 0.338 e. The maximum Gasteiger partial charge on any atom is 0.321 e. The molecule has 0 aliphatic heterocycles. The lowest BCUT2D eigenvalue weighted by molar-refractivity contribution is -0.119. The molecule has 2 N–H and O–H groups in total. The van der Waals surface area contributed by atoms with E-state index >= 15 is 0 Å². The lowest BCUT2D eigenvalue weighted by Crippen LogP contribution is -2.42. The minimum atomic E-state index is -0.589. The van der Waals surface area contributed by atoms with Gasteiger partial charge in [0.2, 0.25) is 5.91 Å². The molecule has 0 aliphatic carbocycles. The Kier molecular flexibility index (Phi) is 7.90. The molecule has 3 aromatic rings. The molecule has 0 aliphatic rings. The number of thiophene rings is 2. The van der Waals surface area contributed by atoms with Crippen LogP contribution in [0.15, 0.2) is 32.8 Å². The maximum atomic E-state index is 13.5. The van der Waals surface area contributed by atoms with Gasteiger partial charge in [0.25, 0.3) is 5.56 Å². The van der Waals surface area contributed by atoms with Crippen LogP contribution < -0.4 is 16.2 Å². The van der Waals surface area contributed by atoms with Crippen LogP contribution in [0.25, 0.3) is 20.7 Å². The van der Waals surface area contributed by atoms with E-state index in [4.69, 9.17) is 4.98 Å². The zero-order chi connectivity index (χ0) is 22.5. The van der Waals surface area contributed by atoms with E-state index < -0.39 is 17.2 Å². The highest BCUT2D eigenvalue weighted by Crippen LogP contribution is 2.35. The third kappa shape index (κ3) is 5.55. The lowest BCUT2D eigenvalue weighted by atomic mass is 10.1. The third-order valence-electron chi connectivity index (χ3n) is 4.60. The summed E-state index contributed by atoms with van der Waals surface area (Å²) < 4.78 is 1.67. The number of aromatic nitrogens is 2. The van der Waals surface area contributed by atoms with Crippen LogP contribution >= 0.6 is 34.4 Å². The lowest BCUT2D eigenvalue weighted by Gasteiger charge is -2.16. The first kappa shape index (κ1) is 23.5. The monoisotopic (exact) mass is 478 g/mol. The molecule has 166 valence electrons. The van der Waals surface area contributed by atoms with E-state index in [1.54, 1.807) is 29.8 Å². The van der Waals surface area contributed by atoms with Crippen molar-refractivity contribution in [1.29, 1.82) is 0 Å². The van der Waals surface area contributed by atoms with Crippen molar-refractivity contribution in [2.24, 2.45) is 5.92 Å². The fourth-order valence-corrected chi connectivity index (χ4v) is 5.66. The first-order chi connectivity index (χ1) is 14.8. The molecule has 0 saturated carbocycles. The summed E-state index contributed by atoms with van der Waals surface area (Å²) in [5.74, 6) is -0.00990. The number of urea groups is 1. The number of fused-ring (bicyclic) bond motifs is 1. The Hall–Kier alpha value is -2.17. The minimum absolute atomic E-state index is 0.0888. The normalized spacial score (nSPS) is 12.3. The molecule has 0 radical (unpaired) electrons. The van der Waals surface area contributed by atoms with Crippen LogP contribution in [0.4, 0.5) is 4.79 Å². The van der Waals surface area contributed by atoms with Gasteiger partial charge in [-0.2, -0.15) is 0 Å². The van der Waals surface area contributed by atoms with Gasteiger partial charge in [0.05, 0.1) is 10.6 Å². The first-order valence-electron chi connectivity index (χ1n) is 10.1. The van der Waals surface area contributed by atoms with E-state index in [1.165, 1.54) is 23.1 Å². The molecule has 3 aromatic heterocycles. The van der Waals surface area contributed by atoms with Crippen LogP contribution in [-0.2, 0) is 11.3 Å². The highest BCUT2D eigenvalue weighted by molar-refractivity contribution is 8.00. The van der Waals surface area contributed by atoms with Crippen molar-refractivity contribution in [3.63, 3.8) is 0 Å². The van der Waals surface area contributed by atoms with Crippen LogP contribution in [0.1, 0.15) is 34.1 Å². The molecule has 31 heavy (non-hydrogen) atoms. The summed E-state index contributed by atoms with van der Waals surface area (Å²) in [6.07, 6.45) is 0.818. The van der Waals surface area contributed by atoms with Crippen molar-refractivity contribution in [3.05, 3.63) is 33.2 Å². The molecule has 0 aromatic carbocycles. The number of thioether (sulfide) groups is 1. The Labute approximate surface area is 193 Å². The van der Waals surface area contributed by atoms with Crippen LogP contribution in [0.5, 0.6) is 0 Å². The number of carbonyl (C=O) groups is 2. The summed E-state index contributed by atoms with van der Waals surface area (Å²) in [4.78, 5) is 44.1. The number of nitrogens with one attached hydrogen (secondary N) is 2. The van der Waals surface area contributed by atoms with E-state index in [2.05, 4.69) is 24.5 Å². The summed E-state index contributed by atoms with van der Waals surface area (Å²) in [5, 5.41) is 9.36. The Balaban J connectivity index is 1.98. The van der Waals surface area contributed by atoms with E-state index in [0.717, 1.165) is 16.9 Å². The molecular weight excluding hydrogens is 452 g/mol. The average molecular weight is 479 g/mol. The summed E-state index contributed by atoms with van der Waals surface area (Å²) in [6, 6.07) is 3.44. The predicted molar refractivity (Wildman–Crippen MR) is 129 cm³/mol. The summed E-state index contributed by atoms with van der Waals surface area (Å²) in [7, 11) is 0. The van der Waals surface area contributed by atoms with Crippen molar-refractivity contribution < 1.29 is 9.59 Å². The van der Waals surface area contributed by atoms with Crippen LogP contribution in [0, 0.1) is 5.92 Å². The number of hydrogen-bond acceptors (Lipinski definition) is 7. The Bertz CT molecular complexity index is 1120. The van der Waals surface area contributed by atoms with Crippen LogP contribution in [0.2, 0.25) is 0 Å². The number of amides is 3. The van der Waals surface area contributed by atoms with Gasteiger partial charge in [-0.05, 0) is 37.6 Å².